The molecular weight excluding hydrogens is 1030 g/mol. The summed E-state index contributed by atoms with van der Waals surface area (Å²) in [6, 6.07) is 0. The van der Waals surface area contributed by atoms with Gasteiger partial charge < -0.3 is 39.0 Å². The molecule has 6 aliphatic heterocycles. The molecule has 0 saturated carbocycles. The number of imidazole rings is 2. The Bertz CT molecular complexity index is 2690. The number of hydrogen-bond donors (Lipinski definition) is 1. The van der Waals surface area contributed by atoms with Crippen LogP contribution in [-0.2, 0) is 32.0 Å². The molecule has 0 unspecified atom stereocenters. The molecule has 0 amide bonds. The van der Waals surface area contributed by atoms with E-state index in [4.69, 9.17) is 38.9 Å². The summed E-state index contributed by atoms with van der Waals surface area (Å²) >= 11 is 6.95. The first-order valence-corrected chi connectivity index (χ1v) is 29.5. The van der Waals surface area contributed by atoms with Gasteiger partial charge in [0.2, 0.25) is 11.9 Å². The molecule has 18 nitrogen and oxygen atoms in total. The normalized spacial score (nSPS) is 20.3. The summed E-state index contributed by atoms with van der Waals surface area (Å²) in [6.45, 7) is 29.9. The molecule has 1 N–H and O–H groups in total. The summed E-state index contributed by atoms with van der Waals surface area (Å²) < 4.78 is 28.3. The molecule has 0 aromatic carbocycles. The molecule has 0 bridgehead atoms. The van der Waals surface area contributed by atoms with Gasteiger partial charge in [0.05, 0.1) is 58.2 Å². The van der Waals surface area contributed by atoms with Crippen LogP contribution in [0.3, 0.4) is 0 Å². The van der Waals surface area contributed by atoms with Gasteiger partial charge in [-0.15, -0.1) is 22.7 Å². The number of alkyl halides is 1. The third-order valence-corrected chi connectivity index (χ3v) is 17.8. The highest BCUT2D eigenvalue weighted by molar-refractivity contribution is 9.09. The van der Waals surface area contributed by atoms with Gasteiger partial charge in [0.15, 0.2) is 11.6 Å². The summed E-state index contributed by atoms with van der Waals surface area (Å²) in [5.74, 6) is 7.06. The Kier molecular flexibility index (Phi) is 18.3. The highest BCUT2D eigenvalue weighted by Gasteiger charge is 2.27. The summed E-state index contributed by atoms with van der Waals surface area (Å²) in [6.07, 6.45) is 9.05. The van der Waals surface area contributed by atoms with Crippen LogP contribution in [0.2, 0.25) is 0 Å². The lowest BCUT2D eigenvalue weighted by atomic mass is 9.99. The van der Waals surface area contributed by atoms with E-state index in [1.54, 1.807) is 22.7 Å². The maximum atomic E-state index is 5.58. The molecule has 396 valence electrons. The van der Waals surface area contributed by atoms with Gasteiger partial charge in [-0.1, -0.05) is 15.9 Å². The lowest BCUT2D eigenvalue weighted by Crippen LogP contribution is -2.47. The molecule has 6 fully saturated rings. The van der Waals surface area contributed by atoms with Gasteiger partial charge in [-0.2, -0.15) is 9.97 Å². The molecule has 0 aliphatic carbocycles. The quantitative estimate of drug-likeness (QED) is 0.142. The van der Waals surface area contributed by atoms with Crippen molar-refractivity contribution in [2.24, 2.45) is 11.8 Å². The molecule has 12 heterocycles. The minimum absolute atomic E-state index is 0.717. The SMILES string of the molecule is BrCC1CCOCC1.Cc1cn(-c2nc(N3CCOCC3)nc3c(CN4CCN(CC5CCOCC5)CC4)csc23)c(C)n1.Cc1cn(-c2nc(N3CCOCC3)nc3c(CN4CCNCC4)csc23)c(C)n1. The number of anilines is 2. The van der Waals surface area contributed by atoms with Crippen LogP contribution in [0.4, 0.5) is 11.9 Å². The second kappa shape index (κ2) is 25.4. The topological polar surface area (TPSA) is 152 Å². The third kappa shape index (κ3) is 13.3. The van der Waals surface area contributed by atoms with Crippen LogP contribution in [-0.4, -0.2) is 197 Å². The monoisotopic (exact) mass is 1100 g/mol. The maximum absolute atomic E-state index is 5.58. The predicted octanol–water partition coefficient (Wildman–Crippen LogP) is 6.42. The first-order chi connectivity index (χ1) is 35.8. The Balaban J connectivity index is 0.000000148. The van der Waals surface area contributed by atoms with Crippen molar-refractivity contribution in [3.05, 3.63) is 57.3 Å². The lowest BCUT2D eigenvalue weighted by Gasteiger charge is -2.37. The van der Waals surface area contributed by atoms with Gasteiger partial charge in [-0.25, -0.2) is 19.9 Å². The number of aryl methyl sites for hydroxylation is 4. The van der Waals surface area contributed by atoms with Crippen LogP contribution in [0.15, 0.2) is 23.2 Å². The third-order valence-electron chi connectivity index (χ3n) is 14.8. The number of morpholine rings is 2. The average Bonchev–Trinajstić information content (AvgIpc) is 4.22. The maximum Gasteiger partial charge on any atom is 0.228 e. The van der Waals surface area contributed by atoms with E-state index in [1.165, 1.54) is 43.4 Å². The Morgan fingerprint density at radius 2 is 0.945 bits per heavy atom. The van der Waals surface area contributed by atoms with Gasteiger partial charge >= 0.3 is 0 Å². The molecule has 6 aromatic rings. The number of hydrogen-bond acceptors (Lipinski definition) is 18. The first kappa shape index (κ1) is 52.7. The molecule has 12 rings (SSSR count). The molecule has 0 spiro atoms. The Hall–Kier alpha value is -3.74. The van der Waals surface area contributed by atoms with E-state index in [9.17, 15) is 0 Å². The Morgan fingerprint density at radius 3 is 1.37 bits per heavy atom. The number of nitrogens with zero attached hydrogens (tertiary/aromatic N) is 13. The fourth-order valence-corrected chi connectivity index (χ4v) is 13.2. The molecule has 73 heavy (non-hydrogen) atoms. The highest BCUT2D eigenvalue weighted by Crippen LogP contribution is 2.35. The number of nitrogens with one attached hydrogen (secondary N) is 1. The molecule has 21 heteroatoms. The molecule has 6 saturated heterocycles. The van der Waals surface area contributed by atoms with Crippen molar-refractivity contribution < 1.29 is 18.9 Å². The van der Waals surface area contributed by atoms with E-state index >= 15 is 0 Å². The zero-order valence-corrected chi connectivity index (χ0v) is 46.6. The number of fused-ring (bicyclic) bond motifs is 2. The standard InChI is InChI=1S/C26H37N7O2S.C20H27N7OS.C6H11BrO/c1-19-15-33(20(2)27-19)25-24-23(28-26(29-25)32-9-13-35-14-10-32)22(18-36-24)17-31-7-5-30(6-8-31)16-21-3-11-34-12-4-21;1-14-11-27(15(2)22-14)19-18-17(23-20(24-19)26-7-9-28-10-8-26)16(13-29-18)12-25-5-3-21-4-6-25;7-5-6-1-3-8-4-2-6/h15,18,21H,3-14,16-17H2,1-2H3;11,13,21H,3-10,12H2,1-2H3;6H,1-5H2. The number of thiophene rings is 2. The fourth-order valence-electron chi connectivity index (χ4n) is 10.6. The molecule has 6 aromatic heterocycles. The Labute approximate surface area is 446 Å². The number of piperazine rings is 2. The molecule has 0 radical (unpaired) electrons. The summed E-state index contributed by atoms with van der Waals surface area (Å²) in [4.78, 5) is 41.7. The van der Waals surface area contributed by atoms with E-state index in [0.717, 1.165) is 215 Å². The van der Waals surface area contributed by atoms with Gasteiger partial charge in [-0.05, 0) is 76.0 Å². The largest absolute Gasteiger partial charge is 0.381 e. The van der Waals surface area contributed by atoms with Crippen LogP contribution in [0.5, 0.6) is 0 Å². The molecule has 0 atom stereocenters. The van der Waals surface area contributed by atoms with Crippen molar-refractivity contribution in [1.29, 1.82) is 0 Å². The van der Waals surface area contributed by atoms with Gasteiger partial charge in [0, 0.05) is 153 Å². The zero-order chi connectivity index (χ0) is 50.1. The van der Waals surface area contributed by atoms with Crippen LogP contribution in [0.1, 0.15) is 59.8 Å². The fraction of sp³-hybridized carbons (Fsp3) is 0.654. The van der Waals surface area contributed by atoms with E-state index in [2.05, 4.69) is 88.0 Å². The average molecular weight is 1100 g/mol. The number of rotatable bonds is 11. The minimum Gasteiger partial charge on any atom is -0.381 e. The second-order valence-corrected chi connectivity index (χ2v) is 22.6. The van der Waals surface area contributed by atoms with E-state index in [0.29, 0.717) is 13.2 Å². The van der Waals surface area contributed by atoms with Crippen molar-refractivity contribution in [2.75, 3.05) is 153 Å². The molecular formula is C52H75BrN14O4S2. The van der Waals surface area contributed by atoms with Crippen molar-refractivity contribution in [2.45, 2.75) is 66.5 Å². The van der Waals surface area contributed by atoms with Crippen molar-refractivity contribution in [1.82, 2.24) is 59.1 Å². The van der Waals surface area contributed by atoms with Crippen molar-refractivity contribution >= 4 is 70.9 Å². The van der Waals surface area contributed by atoms with Crippen LogP contribution in [0, 0.1) is 39.5 Å². The second-order valence-electron chi connectivity index (χ2n) is 20.2. The van der Waals surface area contributed by atoms with Gasteiger partial charge in [0.1, 0.15) is 11.6 Å². The van der Waals surface area contributed by atoms with Crippen molar-refractivity contribution in [3.63, 3.8) is 0 Å². The van der Waals surface area contributed by atoms with Crippen molar-refractivity contribution in [3.8, 4) is 11.6 Å². The van der Waals surface area contributed by atoms with Crippen LogP contribution in [0.25, 0.3) is 32.1 Å². The number of halogens is 1. The minimum atomic E-state index is 0.717. The van der Waals surface area contributed by atoms with E-state index in [1.807, 2.05) is 27.7 Å². The van der Waals surface area contributed by atoms with E-state index < -0.39 is 0 Å². The van der Waals surface area contributed by atoms with E-state index in [-0.39, 0.29) is 0 Å². The molecule has 6 aliphatic rings. The summed E-state index contributed by atoms with van der Waals surface area (Å²) in [7, 11) is 0. The highest BCUT2D eigenvalue weighted by atomic mass is 79.9. The first-order valence-electron chi connectivity index (χ1n) is 26.6. The van der Waals surface area contributed by atoms with Crippen LogP contribution >= 0.6 is 38.6 Å². The number of aromatic nitrogens is 8. The summed E-state index contributed by atoms with van der Waals surface area (Å²) in [5, 5.41) is 9.13. The lowest BCUT2D eigenvalue weighted by molar-refractivity contribution is 0.0415. The summed E-state index contributed by atoms with van der Waals surface area (Å²) in [5.41, 5.74) is 6.76. The van der Waals surface area contributed by atoms with Crippen LogP contribution < -0.4 is 15.1 Å². The number of ether oxygens (including phenoxy) is 4. The van der Waals surface area contributed by atoms with Gasteiger partial charge in [0.25, 0.3) is 0 Å². The smallest absolute Gasteiger partial charge is 0.228 e. The van der Waals surface area contributed by atoms with Gasteiger partial charge in [-0.3, -0.25) is 18.9 Å². The Morgan fingerprint density at radius 1 is 0.521 bits per heavy atom. The predicted molar refractivity (Wildman–Crippen MR) is 295 cm³/mol. The zero-order valence-electron chi connectivity index (χ0n) is 43.4.